The molecule has 1 aliphatic rings. The molecular formula is C12H27NO3Si. The summed E-state index contributed by atoms with van der Waals surface area (Å²) in [6, 6.07) is 1.56. The summed E-state index contributed by atoms with van der Waals surface area (Å²) in [5.41, 5.74) is 0. The highest BCUT2D eigenvalue weighted by Crippen LogP contribution is 2.20. The fourth-order valence-electron chi connectivity index (χ4n) is 2.45. The number of hydrogen-bond acceptors (Lipinski definition) is 4. The molecule has 0 radical (unpaired) electrons. The minimum Gasteiger partial charge on any atom is -0.395 e. The zero-order valence-corrected chi connectivity index (χ0v) is 12.7. The molecule has 17 heavy (non-hydrogen) atoms. The Morgan fingerprint density at radius 2 is 1.71 bits per heavy atom. The fraction of sp³-hybridized carbons (Fsp3) is 1.00. The molecule has 102 valence electrons. The van der Waals surface area contributed by atoms with Crippen LogP contribution in [0.1, 0.15) is 20.8 Å². The van der Waals surface area contributed by atoms with Gasteiger partial charge in [-0.25, -0.2) is 0 Å². The molecule has 0 spiro atoms. The van der Waals surface area contributed by atoms with Crippen molar-refractivity contribution in [2.75, 3.05) is 39.5 Å². The van der Waals surface area contributed by atoms with E-state index in [4.69, 9.17) is 13.6 Å². The number of rotatable bonds is 7. The lowest BCUT2D eigenvalue weighted by molar-refractivity contribution is 0.0212. The minimum atomic E-state index is -1.98. The maximum absolute atomic E-state index is 5.89. The number of morpholine rings is 1. The summed E-state index contributed by atoms with van der Waals surface area (Å²) >= 11 is 0. The molecular weight excluding hydrogens is 234 g/mol. The topological polar surface area (TPSA) is 30.9 Å². The second-order valence-electron chi connectivity index (χ2n) is 4.70. The maximum atomic E-state index is 5.89. The first kappa shape index (κ1) is 15.1. The Kier molecular flexibility index (Phi) is 6.65. The highest BCUT2D eigenvalue weighted by molar-refractivity contribution is 6.66. The van der Waals surface area contributed by atoms with E-state index in [2.05, 4.69) is 18.4 Å². The highest BCUT2D eigenvalue weighted by Gasteiger charge is 2.34. The van der Waals surface area contributed by atoms with Crippen molar-refractivity contribution in [2.24, 2.45) is 0 Å². The van der Waals surface area contributed by atoms with Crippen molar-refractivity contribution in [2.45, 2.75) is 39.4 Å². The van der Waals surface area contributed by atoms with E-state index in [-0.39, 0.29) is 0 Å². The van der Waals surface area contributed by atoms with Crippen LogP contribution in [0.3, 0.4) is 0 Å². The lowest BCUT2D eigenvalue weighted by atomic mass is 10.3. The van der Waals surface area contributed by atoms with Crippen LogP contribution in [-0.4, -0.2) is 59.0 Å². The van der Waals surface area contributed by atoms with E-state index in [1.807, 2.05) is 13.8 Å². The van der Waals surface area contributed by atoms with E-state index in [1.54, 1.807) is 0 Å². The first-order chi connectivity index (χ1) is 8.11. The summed E-state index contributed by atoms with van der Waals surface area (Å²) < 4.78 is 17.2. The monoisotopic (exact) mass is 261 g/mol. The third kappa shape index (κ3) is 5.05. The zero-order valence-electron chi connectivity index (χ0n) is 11.7. The van der Waals surface area contributed by atoms with Crippen molar-refractivity contribution in [1.82, 2.24) is 4.90 Å². The molecule has 0 bridgehead atoms. The first-order valence-electron chi connectivity index (χ1n) is 6.71. The quantitative estimate of drug-likeness (QED) is 0.655. The molecule has 0 aromatic rings. The largest absolute Gasteiger partial charge is 0.395 e. The van der Waals surface area contributed by atoms with E-state index in [9.17, 15) is 0 Å². The Balaban J connectivity index is 2.46. The second-order valence-corrected chi connectivity index (χ2v) is 7.95. The van der Waals surface area contributed by atoms with Crippen LogP contribution in [0.15, 0.2) is 0 Å². The molecule has 0 aliphatic carbocycles. The predicted molar refractivity (Wildman–Crippen MR) is 71.5 cm³/mol. The lowest BCUT2D eigenvalue weighted by Crippen LogP contribution is -2.49. The van der Waals surface area contributed by atoms with Crippen LogP contribution >= 0.6 is 0 Å². The van der Waals surface area contributed by atoms with Crippen LogP contribution in [0.5, 0.6) is 0 Å². The highest BCUT2D eigenvalue weighted by atomic mass is 28.4. The van der Waals surface area contributed by atoms with Gasteiger partial charge in [0, 0.05) is 38.4 Å². The van der Waals surface area contributed by atoms with Crippen molar-refractivity contribution < 1.29 is 13.6 Å². The summed E-state index contributed by atoms with van der Waals surface area (Å²) in [6.45, 7) is 13.8. The summed E-state index contributed by atoms with van der Waals surface area (Å²) in [6.07, 6.45) is 0. The summed E-state index contributed by atoms with van der Waals surface area (Å²) in [5, 5.41) is 0. The van der Waals surface area contributed by atoms with Gasteiger partial charge in [0.05, 0.1) is 13.2 Å². The Bertz CT molecular complexity index is 204. The van der Waals surface area contributed by atoms with Crippen molar-refractivity contribution in [1.29, 1.82) is 0 Å². The SMILES string of the molecule is CCO[Si](C)(CC(C)N1CCOCC1)OCC. The van der Waals surface area contributed by atoms with E-state index in [1.165, 1.54) is 0 Å². The normalized spacial score (nSPS) is 20.5. The van der Waals surface area contributed by atoms with Gasteiger partial charge >= 0.3 is 8.56 Å². The number of ether oxygens (including phenoxy) is 1. The third-order valence-electron chi connectivity index (χ3n) is 3.23. The van der Waals surface area contributed by atoms with Gasteiger partial charge in [0.2, 0.25) is 0 Å². The predicted octanol–water partition coefficient (Wildman–Crippen LogP) is 1.85. The molecule has 1 saturated heterocycles. The average molecular weight is 261 g/mol. The molecule has 0 aromatic carbocycles. The standard InChI is InChI=1S/C12H27NO3Si/c1-5-15-17(4,16-6-2)11-12(3)13-7-9-14-10-8-13/h12H,5-11H2,1-4H3. The number of hydrogen-bond donors (Lipinski definition) is 0. The minimum absolute atomic E-state index is 0.522. The average Bonchev–Trinajstić information content (AvgIpc) is 2.30. The molecule has 0 N–H and O–H groups in total. The second kappa shape index (κ2) is 7.48. The number of nitrogens with zero attached hydrogens (tertiary/aromatic N) is 1. The molecule has 1 aliphatic heterocycles. The molecule has 1 unspecified atom stereocenters. The van der Waals surface area contributed by atoms with E-state index >= 15 is 0 Å². The van der Waals surface area contributed by atoms with Gasteiger partial charge in [-0.1, -0.05) is 0 Å². The van der Waals surface area contributed by atoms with Crippen LogP contribution in [0.25, 0.3) is 0 Å². The summed E-state index contributed by atoms with van der Waals surface area (Å²) in [7, 11) is -1.98. The summed E-state index contributed by atoms with van der Waals surface area (Å²) in [4.78, 5) is 2.48. The van der Waals surface area contributed by atoms with Crippen LogP contribution < -0.4 is 0 Å². The molecule has 0 aromatic heterocycles. The smallest absolute Gasteiger partial charge is 0.336 e. The van der Waals surface area contributed by atoms with Gasteiger partial charge in [0.1, 0.15) is 0 Å². The molecule has 1 rings (SSSR count). The molecule has 0 saturated carbocycles. The van der Waals surface area contributed by atoms with Gasteiger partial charge in [-0.3, -0.25) is 4.90 Å². The first-order valence-corrected chi connectivity index (χ1v) is 9.23. The van der Waals surface area contributed by atoms with E-state index < -0.39 is 8.56 Å². The third-order valence-corrected chi connectivity index (χ3v) is 6.37. The molecule has 0 amide bonds. The van der Waals surface area contributed by atoms with Gasteiger partial charge in [-0.2, -0.15) is 0 Å². The van der Waals surface area contributed by atoms with Gasteiger partial charge in [-0.15, -0.1) is 0 Å². The van der Waals surface area contributed by atoms with E-state index in [0.717, 1.165) is 45.6 Å². The van der Waals surface area contributed by atoms with Gasteiger partial charge < -0.3 is 13.6 Å². The zero-order chi connectivity index (χ0) is 12.7. The van der Waals surface area contributed by atoms with Crippen LogP contribution in [0.2, 0.25) is 12.6 Å². The van der Waals surface area contributed by atoms with Crippen LogP contribution in [0.4, 0.5) is 0 Å². The summed E-state index contributed by atoms with van der Waals surface area (Å²) in [5.74, 6) is 0. The van der Waals surface area contributed by atoms with Gasteiger partial charge in [0.15, 0.2) is 0 Å². The van der Waals surface area contributed by atoms with Crippen LogP contribution in [0, 0.1) is 0 Å². The van der Waals surface area contributed by atoms with Gasteiger partial charge in [-0.05, 0) is 27.3 Å². The fourth-order valence-corrected chi connectivity index (χ4v) is 5.33. The Morgan fingerprint density at radius 3 is 2.18 bits per heavy atom. The molecule has 1 fully saturated rings. The molecule has 4 nitrogen and oxygen atoms in total. The van der Waals surface area contributed by atoms with Crippen molar-refractivity contribution in [3.05, 3.63) is 0 Å². The molecule has 1 atom stereocenters. The van der Waals surface area contributed by atoms with Crippen molar-refractivity contribution in [3.63, 3.8) is 0 Å². The Morgan fingerprint density at radius 1 is 1.18 bits per heavy atom. The Hall–Kier alpha value is 0.0569. The molecule has 1 heterocycles. The maximum Gasteiger partial charge on any atom is 0.336 e. The van der Waals surface area contributed by atoms with Crippen LogP contribution in [-0.2, 0) is 13.6 Å². The lowest BCUT2D eigenvalue weighted by Gasteiger charge is -2.36. The van der Waals surface area contributed by atoms with Gasteiger partial charge in [0.25, 0.3) is 0 Å². The van der Waals surface area contributed by atoms with E-state index in [0.29, 0.717) is 6.04 Å². The Labute approximate surface area is 106 Å². The molecule has 5 heteroatoms. The van der Waals surface area contributed by atoms with Crippen molar-refractivity contribution >= 4 is 8.56 Å². The van der Waals surface area contributed by atoms with Crippen molar-refractivity contribution in [3.8, 4) is 0 Å².